The average Bonchev–Trinajstić information content (AvgIpc) is 2.47. The molecule has 0 aliphatic carbocycles. The van der Waals surface area contributed by atoms with Crippen LogP contribution in [0.4, 0.5) is 0 Å². The minimum absolute atomic E-state index is 0.246. The zero-order chi connectivity index (χ0) is 15.2. The molecule has 1 unspecified atom stereocenters. The van der Waals surface area contributed by atoms with Crippen molar-refractivity contribution in [3.8, 4) is 5.88 Å². The molecule has 0 saturated carbocycles. The third kappa shape index (κ3) is 3.79. The third-order valence-corrected chi connectivity index (χ3v) is 3.66. The zero-order valence-corrected chi connectivity index (χ0v) is 13.2. The standard InChI is InChI=1S/C17H23N3O/c1-5-18-15(17-12(2)7-6-8-13(17)3)9-14-10-16(21-4)20-11-19-14/h6-8,10-11,15,18H,5,9H2,1-4H3. The highest BCUT2D eigenvalue weighted by Crippen LogP contribution is 2.25. The number of hydrogen-bond donors (Lipinski definition) is 1. The zero-order valence-electron chi connectivity index (χ0n) is 13.2. The molecule has 1 aromatic carbocycles. The van der Waals surface area contributed by atoms with Crippen molar-refractivity contribution in [2.45, 2.75) is 33.2 Å². The summed E-state index contributed by atoms with van der Waals surface area (Å²) in [5.41, 5.74) is 4.95. The molecule has 0 spiro atoms. The number of methoxy groups -OCH3 is 1. The van der Waals surface area contributed by atoms with Crippen LogP contribution < -0.4 is 10.1 Å². The second kappa shape index (κ2) is 7.18. The first kappa shape index (κ1) is 15.4. The minimum atomic E-state index is 0.246. The maximum Gasteiger partial charge on any atom is 0.216 e. The first-order valence-corrected chi connectivity index (χ1v) is 7.30. The van der Waals surface area contributed by atoms with Crippen LogP contribution in [0.15, 0.2) is 30.6 Å². The summed E-state index contributed by atoms with van der Waals surface area (Å²) in [4.78, 5) is 8.43. The van der Waals surface area contributed by atoms with Crippen molar-refractivity contribution in [3.05, 3.63) is 53.0 Å². The smallest absolute Gasteiger partial charge is 0.216 e. The Morgan fingerprint density at radius 2 is 1.90 bits per heavy atom. The monoisotopic (exact) mass is 285 g/mol. The fourth-order valence-electron chi connectivity index (χ4n) is 2.71. The van der Waals surface area contributed by atoms with E-state index in [1.54, 1.807) is 13.4 Å². The van der Waals surface area contributed by atoms with Crippen LogP contribution in [0.25, 0.3) is 0 Å². The molecule has 1 N–H and O–H groups in total. The van der Waals surface area contributed by atoms with E-state index in [4.69, 9.17) is 4.74 Å². The van der Waals surface area contributed by atoms with Crippen LogP contribution in [0, 0.1) is 13.8 Å². The lowest BCUT2D eigenvalue weighted by Gasteiger charge is -2.22. The van der Waals surface area contributed by atoms with Gasteiger partial charge < -0.3 is 10.1 Å². The van der Waals surface area contributed by atoms with Crippen LogP contribution in [0.3, 0.4) is 0 Å². The highest BCUT2D eigenvalue weighted by Gasteiger charge is 2.16. The molecule has 0 aliphatic rings. The van der Waals surface area contributed by atoms with Crippen LogP contribution in [-0.2, 0) is 6.42 Å². The molecule has 2 aromatic rings. The van der Waals surface area contributed by atoms with Crippen molar-refractivity contribution in [2.75, 3.05) is 13.7 Å². The summed E-state index contributed by atoms with van der Waals surface area (Å²) in [5.74, 6) is 0.608. The van der Waals surface area contributed by atoms with Crippen LogP contribution >= 0.6 is 0 Å². The quantitative estimate of drug-likeness (QED) is 0.886. The first-order valence-electron chi connectivity index (χ1n) is 7.30. The molecule has 0 fully saturated rings. The molecule has 4 nitrogen and oxygen atoms in total. The van der Waals surface area contributed by atoms with E-state index in [-0.39, 0.29) is 6.04 Å². The molecular weight excluding hydrogens is 262 g/mol. The van der Waals surface area contributed by atoms with Gasteiger partial charge in [-0.15, -0.1) is 0 Å². The van der Waals surface area contributed by atoms with E-state index in [1.165, 1.54) is 16.7 Å². The van der Waals surface area contributed by atoms with E-state index in [0.29, 0.717) is 5.88 Å². The van der Waals surface area contributed by atoms with Crippen LogP contribution in [0.2, 0.25) is 0 Å². The molecule has 112 valence electrons. The second-order valence-corrected chi connectivity index (χ2v) is 5.17. The Morgan fingerprint density at radius 3 is 2.52 bits per heavy atom. The normalized spacial score (nSPS) is 12.2. The van der Waals surface area contributed by atoms with Crippen LogP contribution in [0.1, 0.15) is 35.3 Å². The maximum atomic E-state index is 5.18. The number of ether oxygens (including phenoxy) is 1. The van der Waals surface area contributed by atoms with Gasteiger partial charge in [0.05, 0.1) is 7.11 Å². The van der Waals surface area contributed by atoms with E-state index in [1.807, 2.05) is 6.07 Å². The van der Waals surface area contributed by atoms with Gasteiger partial charge in [-0.05, 0) is 37.1 Å². The molecular formula is C17H23N3O. The molecule has 0 saturated heterocycles. The Hall–Kier alpha value is -1.94. The molecule has 1 atom stereocenters. The van der Waals surface area contributed by atoms with E-state index >= 15 is 0 Å². The van der Waals surface area contributed by atoms with E-state index in [0.717, 1.165) is 18.7 Å². The molecule has 2 rings (SSSR count). The largest absolute Gasteiger partial charge is 0.481 e. The van der Waals surface area contributed by atoms with Gasteiger partial charge in [0.25, 0.3) is 0 Å². The van der Waals surface area contributed by atoms with Gasteiger partial charge >= 0.3 is 0 Å². The number of benzene rings is 1. The van der Waals surface area contributed by atoms with E-state index in [9.17, 15) is 0 Å². The number of aromatic nitrogens is 2. The predicted octanol–water partition coefficient (Wildman–Crippen LogP) is 3.00. The summed E-state index contributed by atoms with van der Waals surface area (Å²) in [6, 6.07) is 8.57. The van der Waals surface area contributed by atoms with Gasteiger partial charge in [0, 0.05) is 24.2 Å². The van der Waals surface area contributed by atoms with Crippen molar-refractivity contribution in [1.82, 2.24) is 15.3 Å². The highest BCUT2D eigenvalue weighted by atomic mass is 16.5. The number of likely N-dealkylation sites (N-methyl/N-ethyl adjacent to an activating group) is 1. The topological polar surface area (TPSA) is 47.0 Å². The summed E-state index contributed by atoms with van der Waals surface area (Å²) in [6.07, 6.45) is 2.38. The Bertz CT molecular complexity index is 578. The number of hydrogen-bond acceptors (Lipinski definition) is 4. The van der Waals surface area contributed by atoms with Crippen molar-refractivity contribution < 1.29 is 4.74 Å². The minimum Gasteiger partial charge on any atom is -0.481 e. The van der Waals surface area contributed by atoms with Gasteiger partial charge in [0.1, 0.15) is 6.33 Å². The fourth-order valence-corrected chi connectivity index (χ4v) is 2.71. The predicted molar refractivity (Wildman–Crippen MR) is 84.6 cm³/mol. The average molecular weight is 285 g/mol. The number of aryl methyl sites for hydroxylation is 2. The number of nitrogens with zero attached hydrogens (tertiary/aromatic N) is 2. The van der Waals surface area contributed by atoms with Gasteiger partial charge in [-0.25, -0.2) is 9.97 Å². The van der Waals surface area contributed by atoms with Gasteiger partial charge in [-0.3, -0.25) is 0 Å². The Kier molecular flexibility index (Phi) is 5.28. The molecule has 21 heavy (non-hydrogen) atoms. The number of rotatable bonds is 6. The summed E-state index contributed by atoms with van der Waals surface area (Å²) >= 11 is 0. The summed E-state index contributed by atoms with van der Waals surface area (Å²) in [5, 5.41) is 3.57. The Balaban J connectivity index is 2.30. The Morgan fingerprint density at radius 1 is 1.19 bits per heavy atom. The van der Waals surface area contributed by atoms with Crippen molar-refractivity contribution in [2.24, 2.45) is 0 Å². The van der Waals surface area contributed by atoms with Gasteiger partial charge in [-0.1, -0.05) is 25.1 Å². The molecule has 1 heterocycles. The van der Waals surface area contributed by atoms with Crippen molar-refractivity contribution >= 4 is 0 Å². The third-order valence-electron chi connectivity index (χ3n) is 3.66. The molecule has 4 heteroatoms. The van der Waals surface area contributed by atoms with Crippen LogP contribution in [0.5, 0.6) is 5.88 Å². The molecule has 1 aromatic heterocycles. The van der Waals surface area contributed by atoms with E-state index < -0.39 is 0 Å². The first-order chi connectivity index (χ1) is 10.2. The lowest BCUT2D eigenvalue weighted by Crippen LogP contribution is -2.25. The maximum absolute atomic E-state index is 5.18. The van der Waals surface area contributed by atoms with Gasteiger partial charge in [0.15, 0.2) is 0 Å². The lowest BCUT2D eigenvalue weighted by molar-refractivity contribution is 0.395. The lowest BCUT2D eigenvalue weighted by atomic mass is 9.93. The molecule has 0 aliphatic heterocycles. The highest BCUT2D eigenvalue weighted by molar-refractivity contribution is 5.37. The van der Waals surface area contributed by atoms with Crippen molar-refractivity contribution in [3.63, 3.8) is 0 Å². The summed E-state index contributed by atoms with van der Waals surface area (Å²) < 4.78 is 5.18. The van der Waals surface area contributed by atoms with Crippen molar-refractivity contribution in [1.29, 1.82) is 0 Å². The molecule has 0 radical (unpaired) electrons. The fraction of sp³-hybridized carbons (Fsp3) is 0.412. The number of nitrogens with one attached hydrogen (secondary N) is 1. The van der Waals surface area contributed by atoms with E-state index in [2.05, 4.69) is 54.3 Å². The molecule has 0 bridgehead atoms. The summed E-state index contributed by atoms with van der Waals surface area (Å²) in [7, 11) is 1.62. The van der Waals surface area contributed by atoms with Crippen LogP contribution in [-0.4, -0.2) is 23.6 Å². The summed E-state index contributed by atoms with van der Waals surface area (Å²) in [6.45, 7) is 7.36. The van der Waals surface area contributed by atoms with Gasteiger partial charge in [0.2, 0.25) is 5.88 Å². The van der Waals surface area contributed by atoms with Gasteiger partial charge in [-0.2, -0.15) is 0 Å². The second-order valence-electron chi connectivity index (χ2n) is 5.17. The molecule has 0 amide bonds. The SMILES string of the molecule is CCNC(Cc1cc(OC)ncn1)c1c(C)cccc1C. The Labute approximate surface area is 126 Å².